The van der Waals surface area contributed by atoms with Gasteiger partial charge in [0.1, 0.15) is 0 Å². The molecule has 3 rings (SSSR count). The average molecular weight is 344 g/mol. The maximum atomic E-state index is 12.5. The second-order valence-corrected chi connectivity index (χ2v) is 8.36. The summed E-state index contributed by atoms with van der Waals surface area (Å²) in [5.74, 6) is 0.0198. The molecule has 22 heavy (non-hydrogen) atoms. The zero-order valence-corrected chi connectivity index (χ0v) is 13.6. The van der Waals surface area contributed by atoms with E-state index in [1.165, 1.54) is 0 Å². The first kappa shape index (κ1) is 15.8. The van der Waals surface area contributed by atoms with Gasteiger partial charge >= 0.3 is 0 Å². The Balaban J connectivity index is 1.64. The summed E-state index contributed by atoms with van der Waals surface area (Å²) in [5.41, 5.74) is 1.00. The molecule has 0 aliphatic carbocycles. The molecule has 5 nitrogen and oxygen atoms in total. The Morgan fingerprint density at radius 3 is 2.95 bits per heavy atom. The Bertz CT molecular complexity index is 676. The third kappa shape index (κ3) is 3.45. The van der Waals surface area contributed by atoms with Crippen LogP contribution in [0.2, 0.25) is 5.02 Å². The number of sulfone groups is 1. The SMILES string of the molecule is O=C(CCc1cccc(Cl)c1)N1CCOC2CS(=O)(=O)CC21. The number of carbonyl (C=O) groups is 1. The van der Waals surface area contributed by atoms with Crippen LogP contribution in [0.15, 0.2) is 24.3 Å². The van der Waals surface area contributed by atoms with Gasteiger partial charge in [0.15, 0.2) is 9.84 Å². The third-order valence-electron chi connectivity index (χ3n) is 4.17. The van der Waals surface area contributed by atoms with Crippen LogP contribution in [-0.4, -0.2) is 56.0 Å². The zero-order valence-electron chi connectivity index (χ0n) is 12.1. The normalized spacial score (nSPS) is 26.7. The lowest BCUT2D eigenvalue weighted by molar-refractivity contribution is -0.142. The topological polar surface area (TPSA) is 63.7 Å². The summed E-state index contributed by atoms with van der Waals surface area (Å²) < 4.78 is 29.0. The molecule has 120 valence electrons. The summed E-state index contributed by atoms with van der Waals surface area (Å²) in [6, 6.07) is 7.10. The number of hydrogen-bond acceptors (Lipinski definition) is 4. The molecule has 2 unspecified atom stereocenters. The summed E-state index contributed by atoms with van der Waals surface area (Å²) in [7, 11) is -3.10. The fourth-order valence-electron chi connectivity index (χ4n) is 3.11. The number of nitrogens with zero attached hydrogens (tertiary/aromatic N) is 1. The van der Waals surface area contributed by atoms with E-state index in [4.69, 9.17) is 16.3 Å². The number of rotatable bonds is 3. The number of aryl methyl sites for hydroxylation is 1. The van der Waals surface area contributed by atoms with Crippen LogP contribution in [0, 0.1) is 0 Å². The molecular formula is C15H18ClNO4S. The quantitative estimate of drug-likeness (QED) is 0.829. The minimum absolute atomic E-state index is 0.0145. The molecule has 1 aromatic carbocycles. The van der Waals surface area contributed by atoms with Gasteiger partial charge in [0.25, 0.3) is 0 Å². The van der Waals surface area contributed by atoms with Crippen LogP contribution < -0.4 is 0 Å². The second kappa shape index (κ2) is 6.18. The molecule has 0 radical (unpaired) electrons. The lowest BCUT2D eigenvalue weighted by atomic mass is 10.1. The highest BCUT2D eigenvalue weighted by atomic mass is 35.5. The summed E-state index contributed by atoms with van der Waals surface area (Å²) in [6.07, 6.45) is 0.582. The van der Waals surface area contributed by atoms with Gasteiger partial charge in [-0.3, -0.25) is 4.79 Å². The number of fused-ring (bicyclic) bond motifs is 1. The van der Waals surface area contributed by atoms with E-state index in [-0.39, 0.29) is 29.6 Å². The van der Waals surface area contributed by atoms with Crippen molar-refractivity contribution < 1.29 is 17.9 Å². The van der Waals surface area contributed by atoms with E-state index in [0.29, 0.717) is 31.0 Å². The maximum Gasteiger partial charge on any atom is 0.223 e. The Morgan fingerprint density at radius 2 is 2.18 bits per heavy atom. The molecule has 0 N–H and O–H groups in total. The van der Waals surface area contributed by atoms with Crippen molar-refractivity contribution in [3.63, 3.8) is 0 Å². The first-order valence-electron chi connectivity index (χ1n) is 7.30. The molecule has 1 amide bonds. The predicted octanol–water partition coefficient (Wildman–Crippen LogP) is 1.30. The van der Waals surface area contributed by atoms with E-state index in [1.807, 2.05) is 18.2 Å². The van der Waals surface area contributed by atoms with Gasteiger partial charge in [0.2, 0.25) is 5.91 Å². The van der Waals surface area contributed by atoms with Crippen molar-refractivity contribution in [2.45, 2.75) is 25.0 Å². The number of benzene rings is 1. The lowest BCUT2D eigenvalue weighted by Gasteiger charge is -2.36. The van der Waals surface area contributed by atoms with Crippen molar-refractivity contribution in [1.82, 2.24) is 4.90 Å². The molecule has 1 aromatic rings. The Kier molecular flexibility index (Phi) is 4.43. The molecule has 2 aliphatic heterocycles. The predicted molar refractivity (Wildman–Crippen MR) is 83.7 cm³/mol. The molecule has 7 heteroatoms. The Hall–Kier alpha value is -1.11. The molecule has 2 saturated heterocycles. The number of morpholine rings is 1. The highest BCUT2D eigenvalue weighted by Gasteiger charge is 2.45. The molecule has 2 aliphatic rings. The fourth-order valence-corrected chi connectivity index (χ4v) is 5.19. The summed E-state index contributed by atoms with van der Waals surface area (Å²) in [5, 5.41) is 0.651. The first-order valence-corrected chi connectivity index (χ1v) is 9.50. The number of hydrogen-bond donors (Lipinski definition) is 0. The highest BCUT2D eigenvalue weighted by Crippen LogP contribution is 2.25. The van der Waals surface area contributed by atoms with Crippen LogP contribution in [-0.2, 0) is 25.8 Å². The standard InChI is InChI=1S/C15H18ClNO4S/c16-12-3-1-2-11(8-12)4-5-15(18)17-6-7-21-14-10-22(19,20)9-13(14)17/h1-3,8,13-14H,4-7,9-10H2. The molecule has 0 aromatic heterocycles. The van der Waals surface area contributed by atoms with Gasteiger partial charge in [-0.25, -0.2) is 8.42 Å². The maximum absolute atomic E-state index is 12.5. The number of carbonyl (C=O) groups excluding carboxylic acids is 1. The molecular weight excluding hydrogens is 326 g/mol. The van der Waals surface area contributed by atoms with Gasteiger partial charge in [0.05, 0.1) is 30.3 Å². The second-order valence-electron chi connectivity index (χ2n) is 5.77. The van der Waals surface area contributed by atoms with Crippen molar-refractivity contribution in [2.75, 3.05) is 24.7 Å². The van der Waals surface area contributed by atoms with E-state index < -0.39 is 9.84 Å². The van der Waals surface area contributed by atoms with Gasteiger partial charge in [-0.15, -0.1) is 0 Å². The van der Waals surface area contributed by atoms with Crippen molar-refractivity contribution >= 4 is 27.3 Å². The van der Waals surface area contributed by atoms with Crippen LogP contribution in [0.5, 0.6) is 0 Å². The van der Waals surface area contributed by atoms with Gasteiger partial charge in [-0.1, -0.05) is 23.7 Å². The van der Waals surface area contributed by atoms with Crippen LogP contribution in [0.1, 0.15) is 12.0 Å². The van der Waals surface area contributed by atoms with Gasteiger partial charge in [-0.05, 0) is 24.1 Å². The molecule has 2 heterocycles. The van der Waals surface area contributed by atoms with Crippen molar-refractivity contribution in [2.24, 2.45) is 0 Å². The molecule has 2 atom stereocenters. The van der Waals surface area contributed by atoms with Crippen LogP contribution in [0.25, 0.3) is 0 Å². The number of ether oxygens (including phenoxy) is 1. The van der Waals surface area contributed by atoms with Crippen molar-refractivity contribution in [3.8, 4) is 0 Å². The minimum Gasteiger partial charge on any atom is -0.373 e. The zero-order chi connectivity index (χ0) is 15.7. The van der Waals surface area contributed by atoms with Gasteiger partial charge in [0, 0.05) is 18.0 Å². The molecule has 0 spiro atoms. The summed E-state index contributed by atoms with van der Waals surface area (Å²) in [6.45, 7) is 0.866. The monoisotopic (exact) mass is 343 g/mol. The molecule has 0 bridgehead atoms. The Labute approximate surface area is 135 Å². The van der Waals surface area contributed by atoms with E-state index in [1.54, 1.807) is 11.0 Å². The van der Waals surface area contributed by atoms with Gasteiger partial charge < -0.3 is 9.64 Å². The number of halogens is 1. The fraction of sp³-hybridized carbons (Fsp3) is 0.533. The van der Waals surface area contributed by atoms with E-state index in [0.717, 1.165) is 5.56 Å². The van der Waals surface area contributed by atoms with Gasteiger partial charge in [-0.2, -0.15) is 0 Å². The van der Waals surface area contributed by atoms with Crippen LogP contribution >= 0.6 is 11.6 Å². The first-order chi connectivity index (χ1) is 10.4. The summed E-state index contributed by atoms with van der Waals surface area (Å²) >= 11 is 5.93. The van der Waals surface area contributed by atoms with Crippen molar-refractivity contribution in [3.05, 3.63) is 34.9 Å². The van der Waals surface area contributed by atoms with Crippen LogP contribution in [0.3, 0.4) is 0 Å². The van der Waals surface area contributed by atoms with Crippen LogP contribution in [0.4, 0.5) is 0 Å². The smallest absolute Gasteiger partial charge is 0.223 e. The van der Waals surface area contributed by atoms with E-state index in [9.17, 15) is 13.2 Å². The largest absolute Gasteiger partial charge is 0.373 e. The van der Waals surface area contributed by atoms with E-state index in [2.05, 4.69) is 0 Å². The third-order valence-corrected chi connectivity index (χ3v) is 6.09. The number of amides is 1. The summed E-state index contributed by atoms with van der Waals surface area (Å²) in [4.78, 5) is 14.1. The minimum atomic E-state index is -3.10. The molecule has 0 saturated carbocycles. The highest BCUT2D eigenvalue weighted by molar-refractivity contribution is 7.91. The average Bonchev–Trinajstić information content (AvgIpc) is 2.78. The Morgan fingerprint density at radius 1 is 1.36 bits per heavy atom. The lowest BCUT2D eigenvalue weighted by Crippen LogP contribution is -2.53. The molecule has 2 fully saturated rings. The van der Waals surface area contributed by atoms with Crippen molar-refractivity contribution in [1.29, 1.82) is 0 Å². The van der Waals surface area contributed by atoms with E-state index >= 15 is 0 Å².